The summed E-state index contributed by atoms with van der Waals surface area (Å²) in [5.41, 5.74) is 1.70. The second-order valence-electron chi connectivity index (χ2n) is 4.75. The van der Waals surface area contributed by atoms with Gasteiger partial charge in [0.2, 0.25) is 5.88 Å². The summed E-state index contributed by atoms with van der Waals surface area (Å²) in [6.07, 6.45) is 0. The summed E-state index contributed by atoms with van der Waals surface area (Å²) >= 11 is 3.40. The molecule has 5 heteroatoms. The molecule has 0 unspecified atom stereocenters. The third-order valence-corrected chi connectivity index (χ3v) is 2.74. The largest absolute Gasteiger partial charge is 0.481 e. The first-order valence-electron chi connectivity index (χ1n) is 5.47. The molecule has 1 aromatic rings. The molecule has 0 aliphatic carbocycles. The minimum atomic E-state index is -0.196. The number of nitrogens with zero attached hydrogens (tertiary/aromatic N) is 2. The molecule has 0 amide bonds. The molecule has 0 N–H and O–H groups in total. The number of hydrogen-bond acceptors (Lipinski definition) is 4. The third-order valence-electron chi connectivity index (χ3n) is 2.18. The van der Waals surface area contributed by atoms with Gasteiger partial charge in [-0.1, -0.05) is 15.9 Å². The minimum Gasteiger partial charge on any atom is -0.481 e. The molecule has 17 heavy (non-hydrogen) atoms. The van der Waals surface area contributed by atoms with Crippen LogP contribution in [-0.2, 0) is 16.7 Å². The molecule has 1 aromatic heterocycles. The van der Waals surface area contributed by atoms with E-state index in [1.54, 1.807) is 7.11 Å². The molecule has 1 rings (SSSR count). The van der Waals surface area contributed by atoms with Crippen molar-refractivity contribution in [2.75, 3.05) is 7.11 Å². The summed E-state index contributed by atoms with van der Waals surface area (Å²) in [5, 5.41) is 0.683. The van der Waals surface area contributed by atoms with Crippen LogP contribution in [0.15, 0.2) is 0 Å². The molecule has 0 aliphatic rings. The van der Waals surface area contributed by atoms with Gasteiger partial charge < -0.3 is 9.47 Å². The number of hydrogen-bond donors (Lipinski definition) is 0. The van der Waals surface area contributed by atoms with E-state index in [4.69, 9.17) is 9.47 Å². The predicted octanol–water partition coefficient (Wildman–Crippen LogP) is 3.00. The Hall–Kier alpha value is -0.680. The lowest BCUT2D eigenvalue weighted by atomic mass is 10.2. The highest BCUT2D eigenvalue weighted by Gasteiger charge is 2.14. The Balaban J connectivity index is 2.92. The standard InChI is InChI=1S/C12H19BrN2O2/c1-8-9(6-13)11(16-5)15-10(14-8)7-17-12(2,3)4/h6-7H2,1-5H3. The van der Waals surface area contributed by atoms with Gasteiger partial charge in [-0.25, -0.2) is 4.98 Å². The number of halogens is 1. The first-order chi connectivity index (χ1) is 7.87. The molecule has 0 atom stereocenters. The van der Waals surface area contributed by atoms with E-state index < -0.39 is 0 Å². The molecular weight excluding hydrogens is 284 g/mol. The van der Waals surface area contributed by atoms with Gasteiger partial charge in [0.15, 0.2) is 5.82 Å². The number of alkyl halides is 1. The van der Waals surface area contributed by atoms with E-state index in [2.05, 4.69) is 25.9 Å². The zero-order chi connectivity index (χ0) is 13.1. The molecule has 0 aromatic carbocycles. The van der Waals surface area contributed by atoms with Gasteiger partial charge in [-0.2, -0.15) is 4.98 Å². The first kappa shape index (κ1) is 14.4. The van der Waals surface area contributed by atoms with Crippen LogP contribution < -0.4 is 4.74 Å². The number of aromatic nitrogens is 2. The molecule has 4 nitrogen and oxygen atoms in total. The number of aryl methyl sites for hydroxylation is 1. The summed E-state index contributed by atoms with van der Waals surface area (Å²) in [7, 11) is 1.61. The van der Waals surface area contributed by atoms with Gasteiger partial charge in [-0.15, -0.1) is 0 Å². The Bertz CT molecular complexity index is 389. The van der Waals surface area contributed by atoms with E-state index in [0.717, 1.165) is 11.3 Å². The molecule has 0 aliphatic heterocycles. The van der Waals surface area contributed by atoms with Crippen molar-refractivity contribution in [1.82, 2.24) is 9.97 Å². The lowest BCUT2D eigenvalue weighted by molar-refractivity contribution is -0.0183. The maximum atomic E-state index is 5.65. The van der Waals surface area contributed by atoms with E-state index in [0.29, 0.717) is 23.6 Å². The van der Waals surface area contributed by atoms with Crippen molar-refractivity contribution < 1.29 is 9.47 Å². The van der Waals surface area contributed by atoms with E-state index in [9.17, 15) is 0 Å². The van der Waals surface area contributed by atoms with Gasteiger partial charge >= 0.3 is 0 Å². The molecule has 0 saturated carbocycles. The van der Waals surface area contributed by atoms with Crippen LogP contribution in [0.5, 0.6) is 5.88 Å². The Morgan fingerprint density at radius 2 is 1.88 bits per heavy atom. The highest BCUT2D eigenvalue weighted by Crippen LogP contribution is 2.22. The van der Waals surface area contributed by atoms with Crippen molar-refractivity contribution >= 4 is 15.9 Å². The molecule has 1 heterocycles. The summed E-state index contributed by atoms with van der Waals surface area (Å²) in [6.45, 7) is 8.35. The quantitative estimate of drug-likeness (QED) is 0.802. The summed E-state index contributed by atoms with van der Waals surface area (Å²) < 4.78 is 10.9. The van der Waals surface area contributed by atoms with Crippen LogP contribution >= 0.6 is 15.9 Å². The fourth-order valence-corrected chi connectivity index (χ4v) is 1.94. The van der Waals surface area contributed by atoms with Crippen molar-refractivity contribution in [2.45, 2.75) is 45.2 Å². The fourth-order valence-electron chi connectivity index (χ4n) is 1.29. The van der Waals surface area contributed by atoms with Gasteiger partial charge in [0.25, 0.3) is 0 Å². The Morgan fingerprint density at radius 1 is 1.24 bits per heavy atom. The second-order valence-corrected chi connectivity index (χ2v) is 5.31. The van der Waals surface area contributed by atoms with Crippen molar-refractivity contribution in [2.24, 2.45) is 0 Å². The van der Waals surface area contributed by atoms with Gasteiger partial charge in [0.1, 0.15) is 6.61 Å². The van der Waals surface area contributed by atoms with Crippen molar-refractivity contribution in [3.8, 4) is 5.88 Å². The lowest BCUT2D eigenvalue weighted by Gasteiger charge is -2.19. The maximum absolute atomic E-state index is 5.65. The average Bonchev–Trinajstić information content (AvgIpc) is 2.24. The van der Waals surface area contributed by atoms with Crippen LogP contribution in [0, 0.1) is 6.92 Å². The Labute approximate surface area is 111 Å². The van der Waals surface area contributed by atoms with E-state index in [1.165, 1.54) is 0 Å². The third kappa shape index (κ3) is 4.24. The van der Waals surface area contributed by atoms with Gasteiger partial charge in [0.05, 0.1) is 12.7 Å². The molecular formula is C12H19BrN2O2. The topological polar surface area (TPSA) is 44.2 Å². The molecule has 0 fully saturated rings. The average molecular weight is 303 g/mol. The monoisotopic (exact) mass is 302 g/mol. The van der Waals surface area contributed by atoms with E-state index >= 15 is 0 Å². The van der Waals surface area contributed by atoms with Crippen LogP contribution in [0.2, 0.25) is 0 Å². The maximum Gasteiger partial charge on any atom is 0.220 e. The van der Waals surface area contributed by atoms with Crippen LogP contribution in [0.1, 0.15) is 37.9 Å². The van der Waals surface area contributed by atoms with Crippen LogP contribution in [0.4, 0.5) is 0 Å². The molecule has 0 bridgehead atoms. The first-order valence-corrected chi connectivity index (χ1v) is 6.60. The Kier molecular flexibility index (Phi) is 4.89. The summed E-state index contributed by atoms with van der Waals surface area (Å²) in [5.74, 6) is 1.26. The molecule has 0 radical (unpaired) electrons. The molecule has 0 spiro atoms. The van der Waals surface area contributed by atoms with Crippen LogP contribution in [0.25, 0.3) is 0 Å². The van der Waals surface area contributed by atoms with Crippen LogP contribution in [0.3, 0.4) is 0 Å². The number of methoxy groups -OCH3 is 1. The molecule has 0 saturated heterocycles. The minimum absolute atomic E-state index is 0.196. The Morgan fingerprint density at radius 3 is 2.35 bits per heavy atom. The predicted molar refractivity (Wildman–Crippen MR) is 70.5 cm³/mol. The summed E-state index contributed by atoms with van der Waals surface area (Å²) in [6, 6.07) is 0. The van der Waals surface area contributed by atoms with Gasteiger partial charge in [-0.3, -0.25) is 0 Å². The number of ether oxygens (including phenoxy) is 2. The van der Waals surface area contributed by atoms with E-state index in [-0.39, 0.29) is 5.60 Å². The smallest absolute Gasteiger partial charge is 0.220 e. The fraction of sp³-hybridized carbons (Fsp3) is 0.667. The zero-order valence-corrected chi connectivity index (χ0v) is 12.6. The highest BCUT2D eigenvalue weighted by molar-refractivity contribution is 9.08. The summed E-state index contributed by atoms with van der Waals surface area (Å²) in [4.78, 5) is 8.75. The second kappa shape index (κ2) is 5.78. The van der Waals surface area contributed by atoms with Crippen LogP contribution in [-0.4, -0.2) is 22.7 Å². The van der Waals surface area contributed by atoms with Gasteiger partial charge in [0, 0.05) is 16.6 Å². The van der Waals surface area contributed by atoms with Crippen molar-refractivity contribution in [3.63, 3.8) is 0 Å². The van der Waals surface area contributed by atoms with E-state index in [1.807, 2.05) is 27.7 Å². The lowest BCUT2D eigenvalue weighted by Crippen LogP contribution is -2.20. The zero-order valence-electron chi connectivity index (χ0n) is 11.0. The number of rotatable bonds is 4. The highest BCUT2D eigenvalue weighted by atomic mass is 79.9. The normalized spacial score (nSPS) is 11.6. The molecule has 96 valence electrons. The van der Waals surface area contributed by atoms with Crippen molar-refractivity contribution in [1.29, 1.82) is 0 Å². The SMILES string of the molecule is COc1nc(COC(C)(C)C)nc(C)c1CBr. The van der Waals surface area contributed by atoms with Gasteiger partial charge in [-0.05, 0) is 27.7 Å². The van der Waals surface area contributed by atoms with Crippen molar-refractivity contribution in [3.05, 3.63) is 17.1 Å².